The molecular weight excluding hydrogens is 368 g/mol. The zero-order valence-corrected chi connectivity index (χ0v) is 18.6. The molecule has 0 aliphatic heterocycles. The number of benzene rings is 3. The number of rotatable bonds is 9. The lowest BCUT2D eigenvalue weighted by atomic mass is 9.95. The molecule has 0 radical (unpaired) electrons. The van der Waals surface area contributed by atoms with Gasteiger partial charge in [-0.15, -0.1) is 0 Å². The molecule has 0 aliphatic carbocycles. The van der Waals surface area contributed by atoms with Crippen molar-refractivity contribution in [3.05, 3.63) is 83.9 Å². The summed E-state index contributed by atoms with van der Waals surface area (Å²) in [5.74, 6) is 0.753. The van der Waals surface area contributed by atoms with Gasteiger partial charge in [0, 0.05) is 0 Å². The van der Waals surface area contributed by atoms with Gasteiger partial charge in [-0.25, -0.2) is 0 Å². The highest BCUT2D eigenvalue weighted by Gasteiger charge is 2.04. The lowest BCUT2D eigenvalue weighted by molar-refractivity contribution is -0.176. The third-order valence-corrected chi connectivity index (χ3v) is 5.81. The second-order valence-corrected chi connectivity index (χ2v) is 8.15. The lowest BCUT2D eigenvalue weighted by Crippen LogP contribution is -1.97. The molecule has 3 rings (SSSR count). The third-order valence-electron chi connectivity index (χ3n) is 5.81. The Morgan fingerprint density at radius 2 is 1.00 bits per heavy atom. The van der Waals surface area contributed by atoms with Gasteiger partial charge in [0.1, 0.15) is 0 Å². The quantitative estimate of drug-likeness (QED) is 0.214. The van der Waals surface area contributed by atoms with Gasteiger partial charge in [0.2, 0.25) is 0 Å². The topological polar surface area (TPSA) is 40.5 Å². The molecular formula is C28H36O2. The van der Waals surface area contributed by atoms with Crippen LogP contribution < -0.4 is 0 Å². The van der Waals surface area contributed by atoms with E-state index < -0.39 is 0 Å². The maximum absolute atomic E-state index is 6.00. The van der Waals surface area contributed by atoms with E-state index in [1.807, 2.05) is 0 Å². The van der Waals surface area contributed by atoms with Gasteiger partial charge < -0.3 is 0 Å². The largest absolute Gasteiger partial charge is 0.255 e. The number of hydrogen-bond donors (Lipinski definition) is 2. The summed E-state index contributed by atoms with van der Waals surface area (Å²) in [6.45, 7) is 6.85. The van der Waals surface area contributed by atoms with E-state index in [0.717, 1.165) is 5.92 Å². The maximum atomic E-state index is 6.00. The molecule has 1 atom stereocenters. The van der Waals surface area contributed by atoms with Crippen molar-refractivity contribution in [3.63, 3.8) is 0 Å². The Balaban J connectivity index is 0.00000155. The second-order valence-electron chi connectivity index (χ2n) is 8.15. The van der Waals surface area contributed by atoms with Gasteiger partial charge in [0.05, 0.1) is 0 Å². The minimum Gasteiger partial charge on any atom is -0.255 e. The van der Waals surface area contributed by atoms with Gasteiger partial charge in [0.15, 0.2) is 0 Å². The Labute approximate surface area is 182 Å². The van der Waals surface area contributed by atoms with Crippen molar-refractivity contribution in [2.45, 2.75) is 59.3 Å². The average Bonchev–Trinajstić information content (AvgIpc) is 2.81. The van der Waals surface area contributed by atoms with E-state index >= 15 is 0 Å². The van der Waals surface area contributed by atoms with E-state index in [1.54, 1.807) is 0 Å². The normalized spacial score (nSPS) is 11.5. The standard InChI is InChI=1S/C28H34.H2O2/c1-4-6-7-8-23-9-13-25(14-10-23)27-17-19-28(20-18-27)26-15-11-24(12-16-26)21-22(3)5-2;1-2/h9-20,22H,4-8,21H2,1-3H3;1-2H. The van der Waals surface area contributed by atoms with Gasteiger partial charge in [0.25, 0.3) is 0 Å². The highest BCUT2D eigenvalue weighted by Crippen LogP contribution is 2.26. The first-order valence-corrected chi connectivity index (χ1v) is 11.2. The van der Waals surface area contributed by atoms with Crippen LogP contribution in [0.2, 0.25) is 0 Å². The molecule has 1 unspecified atom stereocenters. The highest BCUT2D eigenvalue weighted by molar-refractivity contribution is 5.70. The van der Waals surface area contributed by atoms with Gasteiger partial charge >= 0.3 is 0 Å². The van der Waals surface area contributed by atoms with Crippen molar-refractivity contribution in [2.24, 2.45) is 5.92 Å². The predicted molar refractivity (Wildman–Crippen MR) is 129 cm³/mol. The van der Waals surface area contributed by atoms with Gasteiger partial charge in [-0.2, -0.15) is 0 Å². The van der Waals surface area contributed by atoms with Crippen molar-refractivity contribution in [2.75, 3.05) is 0 Å². The molecule has 2 nitrogen and oxygen atoms in total. The van der Waals surface area contributed by atoms with Gasteiger partial charge in [-0.05, 0) is 58.6 Å². The summed E-state index contributed by atoms with van der Waals surface area (Å²) >= 11 is 0. The molecule has 0 fully saturated rings. The summed E-state index contributed by atoms with van der Waals surface area (Å²) < 4.78 is 0. The van der Waals surface area contributed by atoms with Crippen molar-refractivity contribution >= 4 is 0 Å². The Morgan fingerprint density at radius 3 is 1.40 bits per heavy atom. The molecule has 3 aromatic carbocycles. The predicted octanol–water partition coefficient (Wildman–Crippen LogP) is 8.36. The monoisotopic (exact) mass is 404 g/mol. The Bertz CT molecular complexity index is 833. The van der Waals surface area contributed by atoms with E-state index in [4.69, 9.17) is 10.5 Å². The summed E-state index contributed by atoms with van der Waals surface area (Å²) in [7, 11) is 0. The number of aryl methyl sites for hydroxylation is 1. The van der Waals surface area contributed by atoms with Crippen LogP contribution in [0.15, 0.2) is 72.8 Å². The molecule has 0 heterocycles. The van der Waals surface area contributed by atoms with Crippen molar-refractivity contribution in [3.8, 4) is 22.3 Å². The third kappa shape index (κ3) is 7.12. The molecule has 160 valence electrons. The van der Waals surface area contributed by atoms with E-state index in [9.17, 15) is 0 Å². The van der Waals surface area contributed by atoms with Crippen LogP contribution in [0.4, 0.5) is 0 Å². The van der Waals surface area contributed by atoms with Crippen LogP contribution >= 0.6 is 0 Å². The molecule has 0 saturated carbocycles. The van der Waals surface area contributed by atoms with Crippen LogP contribution in [0.1, 0.15) is 57.6 Å². The lowest BCUT2D eigenvalue weighted by Gasteiger charge is -2.10. The second kappa shape index (κ2) is 13.0. The zero-order valence-electron chi connectivity index (χ0n) is 18.6. The van der Waals surface area contributed by atoms with Gasteiger partial charge in [-0.1, -0.05) is 113 Å². The fourth-order valence-electron chi connectivity index (χ4n) is 3.68. The summed E-state index contributed by atoms with van der Waals surface area (Å²) in [6.07, 6.45) is 7.50. The molecule has 2 heteroatoms. The first kappa shape index (κ1) is 23.9. The van der Waals surface area contributed by atoms with Crippen LogP contribution in [0.25, 0.3) is 22.3 Å². The summed E-state index contributed by atoms with van der Waals surface area (Å²) in [6, 6.07) is 27.2. The maximum Gasteiger partial charge on any atom is -0.0184 e. The first-order valence-electron chi connectivity index (χ1n) is 11.2. The van der Waals surface area contributed by atoms with Crippen LogP contribution in [-0.4, -0.2) is 10.5 Å². The Hall–Kier alpha value is -2.42. The highest BCUT2D eigenvalue weighted by atomic mass is 17.0. The first-order chi connectivity index (χ1) is 14.7. The average molecular weight is 405 g/mol. The van der Waals surface area contributed by atoms with Crippen LogP contribution in [0.5, 0.6) is 0 Å². The van der Waals surface area contributed by atoms with Crippen LogP contribution in [0.3, 0.4) is 0 Å². The zero-order chi connectivity index (χ0) is 21.8. The number of unbranched alkanes of at least 4 members (excludes halogenated alkanes) is 2. The summed E-state index contributed by atoms with van der Waals surface area (Å²) in [4.78, 5) is 0. The fraction of sp³-hybridized carbons (Fsp3) is 0.357. The van der Waals surface area contributed by atoms with E-state index in [1.165, 1.54) is 71.9 Å². The Morgan fingerprint density at radius 1 is 0.600 bits per heavy atom. The van der Waals surface area contributed by atoms with Crippen LogP contribution in [-0.2, 0) is 12.8 Å². The fourth-order valence-corrected chi connectivity index (χ4v) is 3.68. The minimum atomic E-state index is 0.753. The smallest absolute Gasteiger partial charge is 0.0184 e. The SMILES string of the molecule is CCCCCc1ccc(-c2ccc(-c3ccc(CC(C)CC)cc3)cc2)cc1.OO. The van der Waals surface area contributed by atoms with Crippen molar-refractivity contribution < 1.29 is 10.5 Å². The molecule has 2 N–H and O–H groups in total. The summed E-state index contributed by atoms with van der Waals surface area (Å²) in [5, 5.41) is 12.0. The molecule has 3 aromatic rings. The van der Waals surface area contributed by atoms with Crippen LogP contribution in [0, 0.1) is 5.92 Å². The molecule has 0 bridgehead atoms. The van der Waals surface area contributed by atoms with E-state index in [2.05, 4.69) is 93.6 Å². The molecule has 0 aromatic heterocycles. The molecule has 0 spiro atoms. The molecule has 0 amide bonds. The molecule has 0 aliphatic rings. The van der Waals surface area contributed by atoms with Crippen molar-refractivity contribution in [1.82, 2.24) is 0 Å². The molecule has 30 heavy (non-hydrogen) atoms. The van der Waals surface area contributed by atoms with Crippen molar-refractivity contribution in [1.29, 1.82) is 0 Å². The van der Waals surface area contributed by atoms with Gasteiger partial charge in [-0.3, -0.25) is 10.5 Å². The summed E-state index contributed by atoms with van der Waals surface area (Å²) in [5.41, 5.74) is 8.06. The van der Waals surface area contributed by atoms with E-state index in [-0.39, 0.29) is 0 Å². The minimum absolute atomic E-state index is 0.753. The Kier molecular flexibility index (Phi) is 10.3. The van der Waals surface area contributed by atoms with E-state index in [0.29, 0.717) is 0 Å². The number of hydrogen-bond acceptors (Lipinski definition) is 2. The molecule has 0 saturated heterocycles.